The van der Waals surface area contributed by atoms with Crippen molar-refractivity contribution in [3.8, 4) is 0 Å². The van der Waals surface area contributed by atoms with E-state index in [1.165, 1.54) is 0 Å². The maximum absolute atomic E-state index is 11.1. The van der Waals surface area contributed by atoms with Crippen molar-refractivity contribution >= 4 is 24.6 Å². The second-order valence-electron chi connectivity index (χ2n) is 3.39. The number of aliphatic imine (C=N–C) groups is 1. The average Bonchev–Trinajstić information content (AvgIpc) is 2.17. The SMILES string of the molecule is CCOC(=O)CCC1(N)C=CC=NC1.Cl. The molecule has 0 radical (unpaired) electrons. The van der Waals surface area contributed by atoms with E-state index in [9.17, 15) is 4.79 Å². The number of carbonyl (C=O) groups excluding carboxylic acids is 1. The van der Waals surface area contributed by atoms with Gasteiger partial charge in [-0.05, 0) is 19.4 Å². The van der Waals surface area contributed by atoms with Crippen molar-refractivity contribution < 1.29 is 9.53 Å². The Bertz CT molecular complexity index is 266. The molecule has 5 heteroatoms. The predicted molar refractivity (Wildman–Crippen MR) is 62.5 cm³/mol. The highest BCUT2D eigenvalue weighted by Crippen LogP contribution is 2.14. The summed E-state index contributed by atoms with van der Waals surface area (Å²) in [6, 6.07) is 0. The lowest BCUT2D eigenvalue weighted by Gasteiger charge is -2.24. The molecule has 1 rings (SSSR count). The lowest BCUT2D eigenvalue weighted by Crippen LogP contribution is -2.42. The van der Waals surface area contributed by atoms with Crippen LogP contribution in [-0.4, -0.2) is 30.9 Å². The second kappa shape index (κ2) is 6.58. The summed E-state index contributed by atoms with van der Waals surface area (Å²) in [7, 11) is 0. The molecule has 0 fully saturated rings. The third kappa shape index (κ3) is 4.95. The van der Waals surface area contributed by atoms with Crippen molar-refractivity contribution in [2.75, 3.05) is 13.2 Å². The summed E-state index contributed by atoms with van der Waals surface area (Å²) in [6.45, 7) is 2.76. The molecule has 0 amide bonds. The van der Waals surface area contributed by atoms with Crippen molar-refractivity contribution in [1.29, 1.82) is 0 Å². The molecule has 15 heavy (non-hydrogen) atoms. The molecule has 4 nitrogen and oxygen atoms in total. The first kappa shape index (κ1) is 14.1. The van der Waals surface area contributed by atoms with Crippen LogP contribution < -0.4 is 5.73 Å². The van der Waals surface area contributed by atoms with Crippen LogP contribution in [-0.2, 0) is 9.53 Å². The number of ether oxygens (including phenoxy) is 1. The number of rotatable bonds is 4. The Hall–Kier alpha value is -0.870. The molecular formula is C10H17ClN2O2. The normalized spacial score (nSPS) is 23.3. The summed E-state index contributed by atoms with van der Waals surface area (Å²) >= 11 is 0. The monoisotopic (exact) mass is 232 g/mol. The third-order valence-corrected chi connectivity index (χ3v) is 2.11. The Labute approximate surface area is 96.0 Å². The summed E-state index contributed by atoms with van der Waals surface area (Å²) in [5.74, 6) is -0.194. The molecule has 2 N–H and O–H groups in total. The van der Waals surface area contributed by atoms with Crippen LogP contribution in [0, 0.1) is 0 Å². The van der Waals surface area contributed by atoms with Gasteiger partial charge < -0.3 is 10.5 Å². The molecule has 1 atom stereocenters. The molecule has 0 aliphatic carbocycles. The molecule has 0 aromatic carbocycles. The zero-order chi connectivity index (χ0) is 10.4. The fraction of sp³-hybridized carbons (Fsp3) is 0.600. The molecule has 0 aromatic heterocycles. The number of hydrogen-bond acceptors (Lipinski definition) is 4. The summed E-state index contributed by atoms with van der Waals surface area (Å²) < 4.78 is 4.82. The topological polar surface area (TPSA) is 64.7 Å². The van der Waals surface area contributed by atoms with E-state index in [0.29, 0.717) is 26.0 Å². The molecule has 0 saturated heterocycles. The van der Waals surface area contributed by atoms with Crippen molar-refractivity contribution in [3.63, 3.8) is 0 Å². The van der Waals surface area contributed by atoms with E-state index in [4.69, 9.17) is 10.5 Å². The van der Waals surface area contributed by atoms with Gasteiger partial charge in [-0.3, -0.25) is 9.79 Å². The van der Waals surface area contributed by atoms with Crippen LogP contribution in [0.5, 0.6) is 0 Å². The number of nitrogens with two attached hydrogens (primary N) is 1. The summed E-state index contributed by atoms with van der Waals surface area (Å²) in [4.78, 5) is 15.2. The number of carbonyl (C=O) groups is 1. The number of nitrogens with zero attached hydrogens (tertiary/aromatic N) is 1. The smallest absolute Gasteiger partial charge is 0.305 e. The van der Waals surface area contributed by atoms with Gasteiger partial charge in [-0.15, -0.1) is 12.4 Å². The number of dihydropyridines is 1. The Balaban J connectivity index is 0.00000196. The Kier molecular flexibility index (Phi) is 6.20. The molecular weight excluding hydrogens is 216 g/mol. The van der Waals surface area contributed by atoms with Crippen LogP contribution in [0.4, 0.5) is 0 Å². The van der Waals surface area contributed by atoms with Gasteiger partial charge in [-0.2, -0.15) is 0 Å². The zero-order valence-corrected chi connectivity index (χ0v) is 9.63. The van der Waals surface area contributed by atoms with Gasteiger partial charge in [0.15, 0.2) is 0 Å². The van der Waals surface area contributed by atoms with Gasteiger partial charge >= 0.3 is 5.97 Å². The minimum Gasteiger partial charge on any atom is -0.466 e. The highest BCUT2D eigenvalue weighted by Gasteiger charge is 2.23. The van der Waals surface area contributed by atoms with Gasteiger partial charge in [-0.25, -0.2) is 0 Å². The average molecular weight is 233 g/mol. The molecule has 86 valence electrons. The maximum atomic E-state index is 11.1. The Morgan fingerprint density at radius 1 is 1.67 bits per heavy atom. The largest absolute Gasteiger partial charge is 0.466 e. The van der Waals surface area contributed by atoms with E-state index in [-0.39, 0.29) is 18.4 Å². The lowest BCUT2D eigenvalue weighted by atomic mass is 9.93. The highest BCUT2D eigenvalue weighted by atomic mass is 35.5. The van der Waals surface area contributed by atoms with Crippen molar-refractivity contribution in [1.82, 2.24) is 0 Å². The minimum absolute atomic E-state index is 0. The van der Waals surface area contributed by atoms with Gasteiger partial charge in [0.25, 0.3) is 0 Å². The lowest BCUT2D eigenvalue weighted by molar-refractivity contribution is -0.143. The highest BCUT2D eigenvalue weighted by molar-refractivity contribution is 5.85. The molecule has 1 heterocycles. The molecule has 1 aliphatic rings. The van der Waals surface area contributed by atoms with E-state index in [2.05, 4.69) is 4.99 Å². The first-order valence-corrected chi connectivity index (χ1v) is 4.78. The zero-order valence-electron chi connectivity index (χ0n) is 8.81. The summed E-state index contributed by atoms with van der Waals surface area (Å²) in [5, 5.41) is 0. The standard InChI is InChI=1S/C10H16N2O2.ClH/c1-2-14-9(13)4-6-10(11)5-3-7-12-8-10;/h3,5,7H,2,4,6,8,11H2,1H3;1H. The van der Waals surface area contributed by atoms with E-state index < -0.39 is 5.54 Å². The fourth-order valence-corrected chi connectivity index (χ4v) is 1.30. The van der Waals surface area contributed by atoms with Gasteiger partial charge in [0.05, 0.1) is 18.7 Å². The van der Waals surface area contributed by atoms with Crippen LogP contribution >= 0.6 is 12.4 Å². The first-order chi connectivity index (χ1) is 6.66. The van der Waals surface area contributed by atoms with Crippen LogP contribution in [0.25, 0.3) is 0 Å². The Morgan fingerprint density at radius 2 is 2.40 bits per heavy atom. The van der Waals surface area contributed by atoms with Crippen LogP contribution in [0.3, 0.4) is 0 Å². The van der Waals surface area contributed by atoms with Crippen molar-refractivity contribution in [2.24, 2.45) is 10.7 Å². The van der Waals surface area contributed by atoms with Crippen molar-refractivity contribution in [3.05, 3.63) is 12.2 Å². The van der Waals surface area contributed by atoms with E-state index in [1.807, 2.05) is 12.2 Å². The number of halogens is 1. The molecule has 0 bridgehead atoms. The van der Waals surface area contributed by atoms with Gasteiger partial charge in [0.2, 0.25) is 0 Å². The second-order valence-corrected chi connectivity index (χ2v) is 3.39. The Morgan fingerprint density at radius 3 is 2.93 bits per heavy atom. The number of esters is 1. The quantitative estimate of drug-likeness (QED) is 0.738. The first-order valence-electron chi connectivity index (χ1n) is 4.78. The maximum Gasteiger partial charge on any atom is 0.305 e. The number of allylic oxidation sites excluding steroid dienone is 1. The predicted octanol–water partition coefficient (Wildman–Crippen LogP) is 1.09. The fourth-order valence-electron chi connectivity index (χ4n) is 1.30. The van der Waals surface area contributed by atoms with E-state index in [0.717, 1.165) is 0 Å². The summed E-state index contributed by atoms with van der Waals surface area (Å²) in [5.41, 5.74) is 5.52. The van der Waals surface area contributed by atoms with Crippen LogP contribution in [0.1, 0.15) is 19.8 Å². The van der Waals surface area contributed by atoms with Crippen LogP contribution in [0.15, 0.2) is 17.1 Å². The van der Waals surface area contributed by atoms with Gasteiger partial charge in [0, 0.05) is 12.6 Å². The van der Waals surface area contributed by atoms with Crippen LogP contribution in [0.2, 0.25) is 0 Å². The molecule has 0 aromatic rings. The van der Waals surface area contributed by atoms with Crippen molar-refractivity contribution in [2.45, 2.75) is 25.3 Å². The summed E-state index contributed by atoms with van der Waals surface area (Å²) in [6.07, 6.45) is 6.35. The molecule has 1 unspecified atom stereocenters. The van der Waals surface area contributed by atoms with E-state index >= 15 is 0 Å². The van der Waals surface area contributed by atoms with Gasteiger partial charge in [0.1, 0.15) is 0 Å². The third-order valence-electron chi connectivity index (χ3n) is 2.11. The molecule has 0 saturated carbocycles. The number of hydrogen-bond donors (Lipinski definition) is 1. The molecule has 1 aliphatic heterocycles. The van der Waals surface area contributed by atoms with E-state index in [1.54, 1.807) is 13.1 Å². The minimum atomic E-state index is -0.471. The van der Waals surface area contributed by atoms with Gasteiger partial charge in [-0.1, -0.05) is 6.08 Å². The molecule has 0 spiro atoms.